The average molecular weight is 277 g/mol. The van der Waals surface area contributed by atoms with E-state index in [9.17, 15) is 9.90 Å². The quantitative estimate of drug-likeness (QED) is 0.834. The van der Waals surface area contributed by atoms with Crippen molar-refractivity contribution >= 4 is 5.97 Å². The van der Waals surface area contributed by atoms with Crippen molar-refractivity contribution in [2.24, 2.45) is 5.92 Å². The van der Waals surface area contributed by atoms with E-state index in [0.29, 0.717) is 0 Å². The molecule has 110 valence electrons. The molecule has 0 unspecified atom stereocenters. The van der Waals surface area contributed by atoms with Crippen LogP contribution in [0.5, 0.6) is 0 Å². The molecule has 1 aromatic carbocycles. The number of aliphatic hydroxyl groups excluding tert-OH is 1. The number of benzene rings is 1. The second-order valence-corrected chi connectivity index (χ2v) is 5.47. The van der Waals surface area contributed by atoms with Gasteiger partial charge in [0.1, 0.15) is 0 Å². The molecule has 20 heavy (non-hydrogen) atoms. The van der Waals surface area contributed by atoms with Crippen LogP contribution < -0.4 is 0 Å². The third-order valence-electron chi connectivity index (χ3n) is 3.94. The number of esters is 1. The highest BCUT2D eigenvalue weighted by molar-refractivity contribution is 5.69. The molecule has 1 saturated heterocycles. The molecule has 1 N–H and O–H groups in total. The summed E-state index contributed by atoms with van der Waals surface area (Å²) < 4.78 is 4.62. The van der Waals surface area contributed by atoms with Crippen molar-refractivity contribution in [3.8, 4) is 0 Å². The molecule has 1 aliphatic heterocycles. The van der Waals surface area contributed by atoms with Crippen LogP contribution in [-0.2, 0) is 16.1 Å². The molecule has 1 aromatic rings. The number of piperidine rings is 1. The number of methoxy groups -OCH3 is 1. The zero-order valence-corrected chi connectivity index (χ0v) is 12.0. The lowest BCUT2D eigenvalue weighted by atomic mass is 9.90. The van der Waals surface area contributed by atoms with Gasteiger partial charge in [-0.1, -0.05) is 30.3 Å². The van der Waals surface area contributed by atoms with Gasteiger partial charge in [-0.3, -0.25) is 9.69 Å². The topological polar surface area (TPSA) is 49.8 Å². The molecule has 0 amide bonds. The number of hydrogen-bond acceptors (Lipinski definition) is 4. The largest absolute Gasteiger partial charge is 0.469 e. The van der Waals surface area contributed by atoms with E-state index in [1.165, 1.54) is 12.7 Å². The molecular weight excluding hydrogens is 254 g/mol. The Bertz CT molecular complexity index is 421. The van der Waals surface area contributed by atoms with E-state index >= 15 is 0 Å². The van der Waals surface area contributed by atoms with Crippen molar-refractivity contribution in [2.45, 2.75) is 31.9 Å². The minimum atomic E-state index is -0.596. The molecule has 0 spiro atoms. The van der Waals surface area contributed by atoms with E-state index in [2.05, 4.69) is 21.8 Å². The lowest BCUT2D eigenvalue weighted by molar-refractivity contribution is -0.144. The van der Waals surface area contributed by atoms with E-state index in [4.69, 9.17) is 0 Å². The van der Waals surface area contributed by atoms with Gasteiger partial charge in [0.15, 0.2) is 0 Å². The van der Waals surface area contributed by atoms with Crippen LogP contribution >= 0.6 is 0 Å². The van der Waals surface area contributed by atoms with Gasteiger partial charge in [-0.15, -0.1) is 0 Å². The van der Waals surface area contributed by atoms with Crippen molar-refractivity contribution < 1.29 is 14.6 Å². The first kappa shape index (κ1) is 15.0. The van der Waals surface area contributed by atoms with Crippen LogP contribution in [0.1, 0.15) is 24.8 Å². The minimum Gasteiger partial charge on any atom is -0.469 e. The Morgan fingerprint density at radius 1 is 1.45 bits per heavy atom. The van der Waals surface area contributed by atoms with E-state index in [1.807, 2.05) is 18.2 Å². The molecule has 0 aromatic heterocycles. The molecular formula is C16H23NO3. The molecule has 4 heteroatoms. The molecule has 0 radical (unpaired) electrons. The minimum absolute atomic E-state index is 0.0976. The average Bonchev–Trinajstić information content (AvgIpc) is 2.48. The monoisotopic (exact) mass is 277 g/mol. The summed E-state index contributed by atoms with van der Waals surface area (Å²) in [5.74, 6) is -0.177. The number of nitrogens with zero attached hydrogens (tertiary/aromatic N) is 1. The fourth-order valence-electron chi connectivity index (χ4n) is 2.81. The highest BCUT2D eigenvalue weighted by Crippen LogP contribution is 2.23. The number of carbonyl (C=O) groups excluding carboxylic acids is 1. The molecule has 2 atom stereocenters. The Morgan fingerprint density at radius 2 is 2.20 bits per heavy atom. The fraction of sp³-hybridized carbons (Fsp3) is 0.562. The SMILES string of the molecule is COC(=O)C[C@@H](O)[C@@H]1CCCN(Cc2ccccc2)C1. The van der Waals surface area contributed by atoms with Gasteiger partial charge in [0.05, 0.1) is 19.6 Å². The number of hydrogen-bond donors (Lipinski definition) is 1. The summed E-state index contributed by atoms with van der Waals surface area (Å²) >= 11 is 0. The highest BCUT2D eigenvalue weighted by Gasteiger charge is 2.27. The Kier molecular flexibility index (Phi) is 5.56. The van der Waals surface area contributed by atoms with Crippen molar-refractivity contribution in [3.63, 3.8) is 0 Å². The van der Waals surface area contributed by atoms with Gasteiger partial charge in [-0.25, -0.2) is 0 Å². The lowest BCUT2D eigenvalue weighted by Gasteiger charge is -2.34. The second-order valence-electron chi connectivity index (χ2n) is 5.47. The first-order valence-corrected chi connectivity index (χ1v) is 7.20. The van der Waals surface area contributed by atoms with Crippen molar-refractivity contribution in [1.29, 1.82) is 0 Å². The van der Waals surface area contributed by atoms with E-state index < -0.39 is 6.10 Å². The Balaban J connectivity index is 1.86. The maximum absolute atomic E-state index is 11.2. The van der Waals surface area contributed by atoms with Gasteiger partial charge < -0.3 is 9.84 Å². The smallest absolute Gasteiger partial charge is 0.308 e. The summed E-state index contributed by atoms with van der Waals surface area (Å²) in [6, 6.07) is 10.3. The van der Waals surface area contributed by atoms with Crippen LogP contribution in [0.4, 0.5) is 0 Å². The fourth-order valence-corrected chi connectivity index (χ4v) is 2.81. The molecule has 1 aliphatic rings. The third kappa shape index (κ3) is 4.32. The summed E-state index contributed by atoms with van der Waals surface area (Å²) in [6.45, 7) is 2.80. The maximum atomic E-state index is 11.2. The van der Waals surface area contributed by atoms with E-state index in [0.717, 1.165) is 32.5 Å². The zero-order chi connectivity index (χ0) is 14.4. The van der Waals surface area contributed by atoms with E-state index in [1.54, 1.807) is 0 Å². The molecule has 1 heterocycles. The molecule has 0 bridgehead atoms. The van der Waals surface area contributed by atoms with Gasteiger partial charge in [-0.05, 0) is 30.9 Å². The van der Waals surface area contributed by atoms with Gasteiger partial charge in [0.2, 0.25) is 0 Å². The number of carbonyl (C=O) groups is 1. The molecule has 0 saturated carbocycles. The predicted molar refractivity (Wildman–Crippen MR) is 77.1 cm³/mol. The van der Waals surface area contributed by atoms with Crippen molar-refractivity contribution in [2.75, 3.05) is 20.2 Å². The Morgan fingerprint density at radius 3 is 2.90 bits per heavy atom. The Labute approximate surface area is 120 Å². The van der Waals surface area contributed by atoms with Crippen LogP contribution in [0.2, 0.25) is 0 Å². The van der Waals surface area contributed by atoms with Crippen molar-refractivity contribution in [1.82, 2.24) is 4.90 Å². The summed E-state index contributed by atoms with van der Waals surface area (Å²) in [7, 11) is 1.36. The van der Waals surface area contributed by atoms with Gasteiger partial charge in [0, 0.05) is 13.1 Å². The van der Waals surface area contributed by atoms with Crippen LogP contribution in [0.3, 0.4) is 0 Å². The van der Waals surface area contributed by atoms with Crippen LogP contribution in [0.15, 0.2) is 30.3 Å². The summed E-state index contributed by atoms with van der Waals surface area (Å²) in [5.41, 5.74) is 1.29. The van der Waals surface area contributed by atoms with Crippen LogP contribution in [0, 0.1) is 5.92 Å². The number of aliphatic hydroxyl groups is 1. The molecule has 4 nitrogen and oxygen atoms in total. The summed E-state index contributed by atoms with van der Waals surface area (Å²) in [5, 5.41) is 10.1. The second kappa shape index (κ2) is 7.41. The van der Waals surface area contributed by atoms with Gasteiger partial charge in [0.25, 0.3) is 0 Å². The third-order valence-corrected chi connectivity index (χ3v) is 3.94. The molecule has 2 rings (SSSR count). The molecule has 1 fully saturated rings. The standard InChI is InChI=1S/C16H23NO3/c1-20-16(19)10-15(18)14-8-5-9-17(12-14)11-13-6-3-2-4-7-13/h2-4,6-7,14-15,18H,5,8-12H2,1H3/t14-,15-/m1/s1. The first-order valence-electron chi connectivity index (χ1n) is 7.20. The predicted octanol–water partition coefficient (Wildman–Crippen LogP) is 1.82. The number of ether oxygens (including phenoxy) is 1. The summed E-state index contributed by atoms with van der Waals surface area (Å²) in [6.07, 6.45) is 1.54. The Hall–Kier alpha value is -1.39. The van der Waals surface area contributed by atoms with E-state index in [-0.39, 0.29) is 18.3 Å². The van der Waals surface area contributed by atoms with Crippen molar-refractivity contribution in [3.05, 3.63) is 35.9 Å². The lowest BCUT2D eigenvalue weighted by Crippen LogP contribution is -2.40. The van der Waals surface area contributed by atoms with Gasteiger partial charge >= 0.3 is 5.97 Å². The van der Waals surface area contributed by atoms with Gasteiger partial charge in [-0.2, -0.15) is 0 Å². The normalized spacial score (nSPS) is 21.4. The zero-order valence-electron chi connectivity index (χ0n) is 12.0. The number of rotatable bonds is 5. The number of likely N-dealkylation sites (tertiary alicyclic amines) is 1. The van der Waals surface area contributed by atoms with Crippen LogP contribution in [0.25, 0.3) is 0 Å². The first-order chi connectivity index (χ1) is 9.69. The maximum Gasteiger partial charge on any atom is 0.308 e. The molecule has 0 aliphatic carbocycles. The van der Waals surface area contributed by atoms with Crippen LogP contribution in [-0.4, -0.2) is 42.3 Å². The summed E-state index contributed by atoms with van der Waals surface area (Å²) in [4.78, 5) is 13.6. The highest BCUT2D eigenvalue weighted by atomic mass is 16.5.